The monoisotopic (exact) mass is 416 g/mol. The lowest BCUT2D eigenvalue weighted by Gasteiger charge is -2.19. The second-order valence-corrected chi connectivity index (χ2v) is 8.33. The van der Waals surface area contributed by atoms with Crippen LogP contribution in [0.1, 0.15) is 59.0 Å². The number of carbonyl (C=O) groups excluding carboxylic acids is 1. The molecule has 3 aromatic rings. The Kier molecular flexibility index (Phi) is 5.88. The Labute approximate surface area is 171 Å². The second kappa shape index (κ2) is 8.20. The fourth-order valence-electron chi connectivity index (χ4n) is 3.27. The average molecular weight is 417 g/mol. The zero-order chi connectivity index (χ0) is 21.3. The van der Waals surface area contributed by atoms with Crippen molar-refractivity contribution in [1.82, 2.24) is 20.3 Å². The van der Waals surface area contributed by atoms with Crippen LogP contribution < -0.4 is 10.9 Å². The lowest BCUT2D eigenvalue weighted by atomic mass is 9.99. The molecule has 3 aromatic heterocycles. The Morgan fingerprint density at radius 1 is 1.31 bits per heavy atom. The summed E-state index contributed by atoms with van der Waals surface area (Å²) < 4.78 is 0. The van der Waals surface area contributed by atoms with E-state index in [1.165, 1.54) is 11.3 Å². The molecule has 0 fully saturated rings. The molecule has 0 saturated carbocycles. The van der Waals surface area contributed by atoms with Gasteiger partial charge in [0, 0.05) is 17.0 Å². The van der Waals surface area contributed by atoms with Crippen LogP contribution in [0.15, 0.2) is 23.1 Å². The van der Waals surface area contributed by atoms with Gasteiger partial charge in [-0.1, -0.05) is 27.2 Å². The van der Waals surface area contributed by atoms with E-state index in [1.54, 1.807) is 26.1 Å². The highest BCUT2D eigenvalue weighted by Crippen LogP contribution is 2.32. The van der Waals surface area contributed by atoms with Gasteiger partial charge in [-0.05, 0) is 30.5 Å². The number of amides is 1. The Bertz CT molecular complexity index is 1110. The minimum atomic E-state index is -1.04. The van der Waals surface area contributed by atoms with Gasteiger partial charge >= 0.3 is 5.97 Å². The molecule has 1 amide bonds. The van der Waals surface area contributed by atoms with Gasteiger partial charge in [-0.3, -0.25) is 9.59 Å². The summed E-state index contributed by atoms with van der Waals surface area (Å²) in [6.45, 7) is 7.36. The maximum atomic E-state index is 12.6. The number of aliphatic carboxylic acids is 1. The summed E-state index contributed by atoms with van der Waals surface area (Å²) in [4.78, 5) is 47.8. The first-order valence-electron chi connectivity index (χ1n) is 9.44. The second-order valence-electron chi connectivity index (χ2n) is 7.22. The molecule has 3 atom stereocenters. The van der Waals surface area contributed by atoms with E-state index >= 15 is 0 Å². The first kappa shape index (κ1) is 20.8. The Hall–Kier alpha value is -2.94. The van der Waals surface area contributed by atoms with Crippen molar-refractivity contribution in [3.05, 3.63) is 49.8 Å². The normalized spacial score (nSPS) is 14.5. The zero-order valence-corrected chi connectivity index (χ0v) is 17.5. The van der Waals surface area contributed by atoms with Crippen LogP contribution in [0.25, 0.3) is 11.0 Å². The van der Waals surface area contributed by atoms with Gasteiger partial charge < -0.3 is 20.4 Å². The summed E-state index contributed by atoms with van der Waals surface area (Å²) >= 11 is 1.29. The number of aromatic nitrogens is 3. The molecule has 4 N–H and O–H groups in total. The number of rotatable bonds is 7. The number of hydrogen-bond acceptors (Lipinski definition) is 5. The summed E-state index contributed by atoms with van der Waals surface area (Å²) in [7, 11) is 0. The molecule has 0 saturated heterocycles. The third-order valence-electron chi connectivity index (χ3n) is 5.20. The minimum absolute atomic E-state index is 0.134. The minimum Gasteiger partial charge on any atom is -0.480 e. The first-order valence-corrected chi connectivity index (χ1v) is 10.3. The first-order chi connectivity index (χ1) is 13.7. The van der Waals surface area contributed by atoms with Crippen LogP contribution >= 0.6 is 11.3 Å². The smallest absolute Gasteiger partial charge is 0.326 e. The number of aryl methyl sites for hydroxylation is 1. The van der Waals surface area contributed by atoms with Crippen LogP contribution in [0.4, 0.5) is 0 Å². The molecule has 3 unspecified atom stereocenters. The molecule has 154 valence electrons. The fraction of sp³-hybridized carbons (Fsp3) is 0.400. The van der Waals surface area contributed by atoms with Crippen LogP contribution in [0.3, 0.4) is 0 Å². The summed E-state index contributed by atoms with van der Waals surface area (Å²) in [5, 5.41) is 12.5. The maximum Gasteiger partial charge on any atom is 0.326 e. The van der Waals surface area contributed by atoms with E-state index in [2.05, 4.69) is 20.3 Å². The van der Waals surface area contributed by atoms with Gasteiger partial charge in [0.2, 0.25) is 0 Å². The molecule has 3 heterocycles. The van der Waals surface area contributed by atoms with Crippen LogP contribution in [0.5, 0.6) is 0 Å². The molecular formula is C20H24N4O4S. The number of aromatic amines is 2. The topological polar surface area (TPSA) is 128 Å². The van der Waals surface area contributed by atoms with Crippen molar-refractivity contribution < 1.29 is 14.7 Å². The largest absolute Gasteiger partial charge is 0.480 e. The van der Waals surface area contributed by atoms with Crippen molar-refractivity contribution >= 4 is 34.2 Å². The van der Waals surface area contributed by atoms with E-state index in [4.69, 9.17) is 0 Å². The molecule has 0 spiro atoms. The molecule has 8 nitrogen and oxygen atoms in total. The third kappa shape index (κ3) is 4.09. The Morgan fingerprint density at radius 2 is 2.03 bits per heavy atom. The standard InChI is InChI=1S/C20H24N4O4S/c1-5-9(2)16(20(27)28)24-18(25)14-7-6-13(29-14)10(3)12-8-21-17-15(12)19(26)23-11(4)22-17/h6-10,16H,5H2,1-4H3,(H,24,25)(H,27,28)(H2,21,22,23,26). The highest BCUT2D eigenvalue weighted by atomic mass is 32.1. The van der Waals surface area contributed by atoms with Crippen molar-refractivity contribution in [2.75, 3.05) is 0 Å². The van der Waals surface area contributed by atoms with E-state index in [0.29, 0.717) is 28.2 Å². The van der Waals surface area contributed by atoms with Crippen molar-refractivity contribution in [1.29, 1.82) is 0 Å². The number of carboxylic acids is 1. The number of carboxylic acid groups (broad SMARTS) is 1. The number of fused-ring (bicyclic) bond motifs is 1. The molecule has 0 aliphatic rings. The van der Waals surface area contributed by atoms with Crippen LogP contribution in [-0.2, 0) is 4.79 Å². The molecule has 0 aromatic carbocycles. The van der Waals surface area contributed by atoms with E-state index in [-0.39, 0.29) is 17.4 Å². The number of thiophene rings is 1. The Morgan fingerprint density at radius 3 is 2.69 bits per heavy atom. The SMILES string of the molecule is CCC(C)C(NC(=O)c1ccc(C(C)c2c[nH]c3nc(C)[nH]c(=O)c23)s1)C(=O)O. The third-order valence-corrected chi connectivity index (χ3v) is 6.47. The highest BCUT2D eigenvalue weighted by Gasteiger charge is 2.27. The summed E-state index contributed by atoms with van der Waals surface area (Å²) in [5.41, 5.74) is 1.12. The lowest BCUT2D eigenvalue weighted by molar-refractivity contribution is -0.140. The maximum absolute atomic E-state index is 12.6. The number of nitrogens with one attached hydrogen (secondary N) is 3. The number of carbonyl (C=O) groups is 2. The predicted octanol–water partition coefficient (Wildman–Crippen LogP) is 3.00. The highest BCUT2D eigenvalue weighted by molar-refractivity contribution is 7.14. The van der Waals surface area contributed by atoms with E-state index in [1.807, 2.05) is 19.9 Å². The van der Waals surface area contributed by atoms with Crippen LogP contribution in [-0.4, -0.2) is 38.0 Å². The van der Waals surface area contributed by atoms with E-state index in [0.717, 1.165) is 10.4 Å². The van der Waals surface area contributed by atoms with Gasteiger partial charge in [-0.25, -0.2) is 9.78 Å². The van der Waals surface area contributed by atoms with Crippen molar-refractivity contribution in [3.63, 3.8) is 0 Å². The van der Waals surface area contributed by atoms with E-state index in [9.17, 15) is 19.5 Å². The molecule has 0 aliphatic heterocycles. The molecular weight excluding hydrogens is 392 g/mol. The summed E-state index contributed by atoms with van der Waals surface area (Å²) in [6.07, 6.45) is 2.41. The Balaban J connectivity index is 1.85. The molecule has 3 rings (SSSR count). The van der Waals surface area contributed by atoms with Gasteiger partial charge in [0.1, 0.15) is 17.5 Å². The van der Waals surface area contributed by atoms with Crippen LogP contribution in [0.2, 0.25) is 0 Å². The summed E-state index contributed by atoms with van der Waals surface area (Å²) in [5.74, 6) is -1.23. The summed E-state index contributed by atoms with van der Waals surface area (Å²) in [6, 6.07) is 2.58. The molecule has 9 heteroatoms. The van der Waals surface area contributed by atoms with Gasteiger partial charge in [0.05, 0.1) is 10.3 Å². The predicted molar refractivity (Wildman–Crippen MR) is 112 cm³/mol. The van der Waals surface area contributed by atoms with Crippen molar-refractivity contribution in [2.24, 2.45) is 5.92 Å². The van der Waals surface area contributed by atoms with Crippen molar-refractivity contribution in [2.45, 2.75) is 46.1 Å². The fourth-order valence-corrected chi connectivity index (χ4v) is 4.26. The van der Waals surface area contributed by atoms with Gasteiger partial charge in [0.15, 0.2) is 0 Å². The number of H-pyrrole nitrogens is 2. The number of nitrogens with zero attached hydrogens (tertiary/aromatic N) is 1. The quantitative estimate of drug-likeness (QED) is 0.471. The zero-order valence-electron chi connectivity index (χ0n) is 16.7. The number of hydrogen-bond donors (Lipinski definition) is 4. The lowest BCUT2D eigenvalue weighted by Crippen LogP contribution is -2.44. The van der Waals surface area contributed by atoms with E-state index < -0.39 is 17.9 Å². The van der Waals surface area contributed by atoms with Gasteiger partial charge in [-0.2, -0.15) is 0 Å². The van der Waals surface area contributed by atoms with Crippen molar-refractivity contribution in [3.8, 4) is 0 Å². The molecule has 0 aliphatic carbocycles. The average Bonchev–Trinajstić information content (AvgIpc) is 3.31. The molecule has 0 radical (unpaired) electrons. The molecule has 0 bridgehead atoms. The van der Waals surface area contributed by atoms with Gasteiger partial charge in [-0.15, -0.1) is 11.3 Å². The van der Waals surface area contributed by atoms with Gasteiger partial charge in [0.25, 0.3) is 11.5 Å². The molecule has 29 heavy (non-hydrogen) atoms. The van der Waals surface area contributed by atoms with Crippen LogP contribution in [0, 0.1) is 12.8 Å².